The summed E-state index contributed by atoms with van der Waals surface area (Å²) >= 11 is 6.18. The molecule has 0 saturated heterocycles. The summed E-state index contributed by atoms with van der Waals surface area (Å²) in [6, 6.07) is 2.13. The van der Waals surface area contributed by atoms with Crippen LogP contribution in [0.1, 0.15) is 45.7 Å². The molecule has 0 spiro atoms. The van der Waals surface area contributed by atoms with Crippen molar-refractivity contribution >= 4 is 22.9 Å². The molecule has 0 aliphatic heterocycles. The number of rotatable bonds is 3. The molecule has 2 heterocycles. The smallest absolute Gasteiger partial charge is 0.152 e. The maximum atomic E-state index is 6.18. The van der Waals surface area contributed by atoms with Crippen molar-refractivity contribution in [3.05, 3.63) is 24.2 Å². The molecule has 0 amide bonds. The lowest BCUT2D eigenvalue weighted by atomic mass is 9.92. The van der Waals surface area contributed by atoms with Crippen molar-refractivity contribution in [1.29, 1.82) is 0 Å². The van der Waals surface area contributed by atoms with E-state index in [2.05, 4.69) is 42.2 Å². The lowest BCUT2D eigenvalue weighted by Crippen LogP contribution is -2.13. The van der Waals surface area contributed by atoms with Crippen molar-refractivity contribution in [1.82, 2.24) is 14.6 Å². The highest BCUT2D eigenvalue weighted by Gasteiger charge is 2.23. The zero-order chi connectivity index (χ0) is 15.0. The van der Waals surface area contributed by atoms with E-state index in [4.69, 9.17) is 11.6 Å². The highest BCUT2D eigenvalue weighted by Crippen LogP contribution is 2.30. The van der Waals surface area contributed by atoms with Gasteiger partial charge in [-0.25, -0.2) is 9.50 Å². The molecular formula is C16H23ClN4. The van der Waals surface area contributed by atoms with Crippen molar-refractivity contribution in [3.63, 3.8) is 0 Å². The SMILES string of the molecule is CC(C)(C)c1cc2c(NCC3CCC(Cl)C3)nccn2n1. The van der Waals surface area contributed by atoms with E-state index in [9.17, 15) is 0 Å². The average molecular weight is 307 g/mol. The molecule has 3 rings (SSSR count). The van der Waals surface area contributed by atoms with Crippen LogP contribution in [0, 0.1) is 5.92 Å². The lowest BCUT2D eigenvalue weighted by molar-refractivity contribution is 0.562. The monoisotopic (exact) mass is 306 g/mol. The van der Waals surface area contributed by atoms with E-state index in [1.54, 1.807) is 6.20 Å². The Labute approximate surface area is 130 Å². The van der Waals surface area contributed by atoms with Gasteiger partial charge in [0.05, 0.1) is 5.69 Å². The molecule has 2 atom stereocenters. The first-order valence-electron chi connectivity index (χ1n) is 7.66. The molecule has 2 unspecified atom stereocenters. The van der Waals surface area contributed by atoms with E-state index >= 15 is 0 Å². The van der Waals surface area contributed by atoms with Crippen LogP contribution in [0.5, 0.6) is 0 Å². The molecule has 1 fully saturated rings. The van der Waals surface area contributed by atoms with E-state index < -0.39 is 0 Å². The third-order valence-electron chi connectivity index (χ3n) is 4.19. The van der Waals surface area contributed by atoms with Crippen molar-refractivity contribution in [2.24, 2.45) is 5.92 Å². The van der Waals surface area contributed by atoms with Gasteiger partial charge in [-0.05, 0) is 31.2 Å². The van der Waals surface area contributed by atoms with Gasteiger partial charge in [0, 0.05) is 29.7 Å². The first-order valence-corrected chi connectivity index (χ1v) is 8.10. The summed E-state index contributed by atoms with van der Waals surface area (Å²) in [5.74, 6) is 1.57. The minimum Gasteiger partial charge on any atom is -0.368 e. The first kappa shape index (κ1) is 14.6. The molecule has 4 nitrogen and oxygen atoms in total. The average Bonchev–Trinajstić information content (AvgIpc) is 3.01. The van der Waals surface area contributed by atoms with Gasteiger partial charge in [0.25, 0.3) is 0 Å². The fourth-order valence-corrected chi connectivity index (χ4v) is 3.24. The number of alkyl halides is 1. The van der Waals surface area contributed by atoms with Gasteiger partial charge in [-0.3, -0.25) is 0 Å². The second-order valence-electron chi connectivity index (χ2n) is 7.04. The largest absolute Gasteiger partial charge is 0.368 e. The Morgan fingerprint density at radius 1 is 1.38 bits per heavy atom. The third kappa shape index (κ3) is 3.15. The molecule has 0 bridgehead atoms. The van der Waals surface area contributed by atoms with Crippen LogP contribution in [0.4, 0.5) is 5.82 Å². The van der Waals surface area contributed by atoms with Crippen LogP contribution in [-0.4, -0.2) is 26.5 Å². The van der Waals surface area contributed by atoms with E-state index in [-0.39, 0.29) is 5.41 Å². The van der Waals surface area contributed by atoms with Crippen molar-refractivity contribution in [3.8, 4) is 0 Å². The zero-order valence-electron chi connectivity index (χ0n) is 12.9. The number of nitrogens with one attached hydrogen (secondary N) is 1. The van der Waals surface area contributed by atoms with Gasteiger partial charge < -0.3 is 5.32 Å². The summed E-state index contributed by atoms with van der Waals surface area (Å²) in [4.78, 5) is 4.48. The minimum atomic E-state index is 0.0422. The third-order valence-corrected chi connectivity index (χ3v) is 4.59. The quantitative estimate of drug-likeness (QED) is 0.876. The van der Waals surface area contributed by atoms with Crippen LogP contribution in [0.2, 0.25) is 0 Å². The zero-order valence-corrected chi connectivity index (χ0v) is 13.7. The number of halogens is 1. The molecule has 0 radical (unpaired) electrons. The number of hydrogen-bond acceptors (Lipinski definition) is 3. The predicted octanol–water partition coefficient (Wildman–Crippen LogP) is 3.85. The number of nitrogens with zero attached hydrogens (tertiary/aromatic N) is 3. The van der Waals surface area contributed by atoms with Crippen LogP contribution in [-0.2, 0) is 5.41 Å². The van der Waals surface area contributed by atoms with E-state index in [0.29, 0.717) is 11.3 Å². The molecule has 2 aromatic heterocycles. The standard InChI is InChI=1S/C16H23ClN4/c1-16(2,3)14-9-13-15(18-6-7-21(13)20-14)19-10-11-4-5-12(17)8-11/h6-7,9,11-12H,4-5,8,10H2,1-3H3,(H,18,19). The number of hydrogen-bond donors (Lipinski definition) is 1. The highest BCUT2D eigenvalue weighted by atomic mass is 35.5. The summed E-state index contributed by atoms with van der Waals surface area (Å²) < 4.78 is 1.91. The Morgan fingerprint density at radius 2 is 2.19 bits per heavy atom. The minimum absolute atomic E-state index is 0.0422. The van der Waals surface area contributed by atoms with Gasteiger partial charge in [0.2, 0.25) is 0 Å². The summed E-state index contributed by atoms with van der Waals surface area (Å²) in [6.07, 6.45) is 7.14. The molecule has 5 heteroatoms. The van der Waals surface area contributed by atoms with Gasteiger partial charge in [-0.1, -0.05) is 20.8 Å². The Balaban J connectivity index is 1.80. The maximum absolute atomic E-state index is 6.18. The lowest BCUT2D eigenvalue weighted by Gasteiger charge is -2.13. The van der Waals surface area contributed by atoms with Crippen LogP contribution in [0.25, 0.3) is 5.52 Å². The number of anilines is 1. The molecule has 2 aromatic rings. The topological polar surface area (TPSA) is 42.2 Å². The van der Waals surface area contributed by atoms with Crippen molar-refractivity contribution in [2.45, 2.75) is 50.8 Å². The molecule has 0 aromatic carbocycles. The molecular weight excluding hydrogens is 284 g/mol. The second kappa shape index (κ2) is 5.48. The Kier molecular flexibility index (Phi) is 3.82. The Bertz CT molecular complexity index is 629. The summed E-state index contributed by atoms with van der Waals surface area (Å²) in [5.41, 5.74) is 2.17. The van der Waals surface area contributed by atoms with E-state index in [1.807, 2.05) is 10.7 Å². The van der Waals surface area contributed by atoms with Gasteiger partial charge in [-0.15, -0.1) is 11.6 Å². The van der Waals surface area contributed by atoms with Crippen molar-refractivity contribution in [2.75, 3.05) is 11.9 Å². The molecule has 1 saturated carbocycles. The van der Waals surface area contributed by atoms with Gasteiger partial charge in [0.1, 0.15) is 5.52 Å². The van der Waals surface area contributed by atoms with Crippen LogP contribution >= 0.6 is 11.6 Å². The highest BCUT2D eigenvalue weighted by molar-refractivity contribution is 6.20. The summed E-state index contributed by atoms with van der Waals surface area (Å²) in [6.45, 7) is 7.46. The predicted molar refractivity (Wildman–Crippen MR) is 87.2 cm³/mol. The maximum Gasteiger partial charge on any atom is 0.152 e. The normalized spacial score (nSPS) is 22.9. The van der Waals surface area contributed by atoms with E-state index in [0.717, 1.165) is 36.4 Å². The number of aromatic nitrogens is 3. The first-order chi connectivity index (χ1) is 9.93. The number of fused-ring (bicyclic) bond motifs is 1. The fraction of sp³-hybridized carbons (Fsp3) is 0.625. The Morgan fingerprint density at radius 3 is 2.86 bits per heavy atom. The van der Waals surface area contributed by atoms with Crippen molar-refractivity contribution < 1.29 is 0 Å². The molecule has 21 heavy (non-hydrogen) atoms. The molecule has 1 aliphatic rings. The van der Waals surface area contributed by atoms with Crippen LogP contribution < -0.4 is 5.32 Å². The molecule has 1 N–H and O–H groups in total. The Hall–Kier alpha value is -1.29. The molecule has 114 valence electrons. The van der Waals surface area contributed by atoms with Crippen LogP contribution in [0.15, 0.2) is 18.5 Å². The summed E-state index contributed by atoms with van der Waals surface area (Å²) in [7, 11) is 0. The molecule has 1 aliphatic carbocycles. The van der Waals surface area contributed by atoms with Crippen LogP contribution in [0.3, 0.4) is 0 Å². The second-order valence-corrected chi connectivity index (χ2v) is 7.66. The van der Waals surface area contributed by atoms with E-state index in [1.165, 1.54) is 6.42 Å². The summed E-state index contributed by atoms with van der Waals surface area (Å²) in [5, 5.41) is 8.49. The van der Waals surface area contributed by atoms with Gasteiger partial charge >= 0.3 is 0 Å². The fourth-order valence-electron chi connectivity index (χ4n) is 2.87. The van der Waals surface area contributed by atoms with Gasteiger partial charge in [-0.2, -0.15) is 5.10 Å². The van der Waals surface area contributed by atoms with Gasteiger partial charge in [0.15, 0.2) is 5.82 Å².